The first kappa shape index (κ1) is 13.6. The highest BCUT2D eigenvalue weighted by Crippen LogP contribution is 2.12. The van der Waals surface area contributed by atoms with Gasteiger partial charge in [-0.3, -0.25) is 0 Å². The smallest absolute Gasteiger partial charge is 0.295 e. The number of nitrogens with one attached hydrogen (secondary N) is 1. The van der Waals surface area contributed by atoms with E-state index in [1.54, 1.807) is 12.3 Å². The molecule has 108 valence electrons. The number of benzene rings is 1. The average molecular weight is 283 g/mol. The van der Waals surface area contributed by atoms with Crippen molar-refractivity contribution in [2.24, 2.45) is 0 Å². The van der Waals surface area contributed by atoms with Crippen LogP contribution in [0.3, 0.4) is 0 Å². The van der Waals surface area contributed by atoms with Crippen molar-refractivity contribution in [2.45, 2.75) is 20.0 Å². The first-order valence-electron chi connectivity index (χ1n) is 6.86. The van der Waals surface area contributed by atoms with Gasteiger partial charge in [-0.15, -0.1) is 0 Å². The lowest BCUT2D eigenvalue weighted by molar-refractivity contribution is -0.800. The molecular weight excluding hydrogens is 266 g/mol. The molecule has 1 atom stereocenters. The van der Waals surface area contributed by atoms with Crippen molar-refractivity contribution < 1.29 is 9.48 Å². The Labute approximate surface area is 123 Å². The van der Waals surface area contributed by atoms with E-state index in [0.717, 1.165) is 17.1 Å². The number of nitrogens with zero attached hydrogens (tertiary/aromatic N) is 2. The number of aromatic nitrogens is 2. The van der Waals surface area contributed by atoms with Gasteiger partial charge >= 0.3 is 0 Å². The van der Waals surface area contributed by atoms with Crippen LogP contribution in [0.2, 0.25) is 0 Å². The van der Waals surface area contributed by atoms with Crippen LogP contribution < -0.4 is 5.06 Å². The lowest BCUT2D eigenvalue weighted by Crippen LogP contribution is -3.00. The van der Waals surface area contributed by atoms with Gasteiger partial charge in [-0.05, 0) is 13.0 Å². The summed E-state index contributed by atoms with van der Waals surface area (Å²) in [5.74, 6) is 2.09. The highest BCUT2D eigenvalue weighted by molar-refractivity contribution is 5.19. The Bertz CT molecular complexity index is 703. The summed E-state index contributed by atoms with van der Waals surface area (Å²) in [5.41, 5.74) is 0.992. The molecular formula is C16H17N3O2. The predicted octanol–water partition coefficient (Wildman–Crippen LogP) is 2.05. The van der Waals surface area contributed by atoms with E-state index in [1.807, 2.05) is 54.1 Å². The molecule has 5 heteroatoms. The first-order valence-corrected chi connectivity index (χ1v) is 6.86. The maximum absolute atomic E-state index is 12.2. The number of hydroxylamine groups is 1. The standard InChI is InChI=1S/C16H17N3O2/c1-13-17-9-10-18(13)12-15-7-8-16(21-15)19(20)11-14-5-3-2-4-6-14/h2-10,19H,11-12H2,1H3. The summed E-state index contributed by atoms with van der Waals surface area (Å²) in [5, 5.41) is 12.2. The number of quaternary nitrogens is 1. The predicted molar refractivity (Wildman–Crippen MR) is 78.9 cm³/mol. The lowest BCUT2D eigenvalue weighted by atomic mass is 10.2. The molecule has 0 aliphatic heterocycles. The highest BCUT2D eigenvalue weighted by Gasteiger charge is 2.10. The highest BCUT2D eigenvalue weighted by atomic mass is 16.5. The molecule has 0 radical (unpaired) electrons. The zero-order chi connectivity index (χ0) is 14.7. The second kappa shape index (κ2) is 5.95. The summed E-state index contributed by atoms with van der Waals surface area (Å²) in [7, 11) is 0. The van der Waals surface area contributed by atoms with E-state index < -0.39 is 0 Å². The third kappa shape index (κ3) is 3.21. The zero-order valence-electron chi connectivity index (χ0n) is 11.8. The van der Waals surface area contributed by atoms with E-state index in [2.05, 4.69) is 4.98 Å². The fourth-order valence-corrected chi connectivity index (χ4v) is 2.22. The SMILES string of the molecule is Cc1nccn1Cc1ccc([NH+]([O-])Cc2ccccc2)o1. The van der Waals surface area contributed by atoms with E-state index in [9.17, 15) is 5.21 Å². The van der Waals surface area contributed by atoms with E-state index in [4.69, 9.17) is 4.42 Å². The molecule has 3 aromatic rings. The summed E-state index contributed by atoms with van der Waals surface area (Å²) >= 11 is 0. The second-order valence-corrected chi connectivity index (χ2v) is 4.95. The maximum atomic E-state index is 12.2. The molecule has 0 aliphatic rings. The van der Waals surface area contributed by atoms with Gasteiger partial charge in [0, 0.05) is 24.0 Å². The topological polar surface area (TPSA) is 58.5 Å². The minimum Gasteiger partial charge on any atom is -0.626 e. The Hall–Kier alpha value is -2.37. The molecule has 2 aromatic heterocycles. The minimum atomic E-state index is -0.00481. The molecule has 0 bridgehead atoms. The van der Waals surface area contributed by atoms with E-state index in [1.165, 1.54) is 0 Å². The van der Waals surface area contributed by atoms with E-state index in [0.29, 0.717) is 19.0 Å². The van der Waals surface area contributed by atoms with E-state index >= 15 is 0 Å². The van der Waals surface area contributed by atoms with Gasteiger partial charge in [-0.2, -0.15) is 0 Å². The van der Waals surface area contributed by atoms with Gasteiger partial charge in [-0.25, -0.2) is 4.98 Å². The molecule has 1 aromatic carbocycles. The van der Waals surface area contributed by atoms with Gasteiger partial charge < -0.3 is 19.3 Å². The van der Waals surface area contributed by atoms with Crippen LogP contribution in [0, 0.1) is 12.1 Å². The Balaban J connectivity index is 1.68. The summed E-state index contributed by atoms with van der Waals surface area (Å²) in [6.07, 6.45) is 3.64. The molecule has 1 N–H and O–H groups in total. The Morgan fingerprint density at radius 2 is 2.00 bits per heavy atom. The molecule has 0 spiro atoms. The molecule has 0 aliphatic carbocycles. The van der Waals surface area contributed by atoms with Crippen LogP contribution in [0.1, 0.15) is 17.1 Å². The molecule has 0 amide bonds. The third-order valence-electron chi connectivity index (χ3n) is 3.39. The molecule has 0 saturated heterocycles. The number of furan rings is 1. The van der Waals surface area contributed by atoms with Crippen LogP contribution in [-0.2, 0) is 13.1 Å². The summed E-state index contributed by atoms with van der Waals surface area (Å²) in [4.78, 5) is 4.16. The van der Waals surface area contributed by atoms with Crippen molar-refractivity contribution >= 4 is 5.88 Å². The van der Waals surface area contributed by atoms with Crippen LogP contribution in [0.5, 0.6) is 0 Å². The van der Waals surface area contributed by atoms with Crippen molar-refractivity contribution in [3.63, 3.8) is 0 Å². The largest absolute Gasteiger partial charge is 0.626 e. The number of hydrogen-bond donors (Lipinski definition) is 1. The summed E-state index contributed by atoms with van der Waals surface area (Å²) in [6.45, 7) is 2.88. The van der Waals surface area contributed by atoms with Crippen LogP contribution in [-0.4, -0.2) is 9.55 Å². The lowest BCUT2D eigenvalue weighted by Gasteiger charge is -2.18. The third-order valence-corrected chi connectivity index (χ3v) is 3.39. The van der Waals surface area contributed by atoms with Crippen molar-refractivity contribution in [1.82, 2.24) is 9.55 Å². The molecule has 3 rings (SSSR count). The maximum Gasteiger partial charge on any atom is 0.295 e. The quantitative estimate of drug-likeness (QED) is 0.729. The Morgan fingerprint density at radius 3 is 2.71 bits per heavy atom. The normalized spacial score (nSPS) is 12.5. The summed E-state index contributed by atoms with van der Waals surface area (Å²) < 4.78 is 7.62. The Kier molecular flexibility index (Phi) is 3.85. The van der Waals surface area contributed by atoms with Crippen molar-refractivity contribution in [2.75, 3.05) is 0 Å². The fourth-order valence-electron chi connectivity index (χ4n) is 2.22. The van der Waals surface area contributed by atoms with Gasteiger partial charge in [-0.1, -0.05) is 30.3 Å². The summed E-state index contributed by atoms with van der Waals surface area (Å²) in [6, 6.07) is 13.3. The van der Waals surface area contributed by atoms with Gasteiger partial charge in [0.1, 0.15) is 18.1 Å². The molecule has 1 unspecified atom stereocenters. The molecule has 2 heterocycles. The first-order chi connectivity index (χ1) is 10.2. The second-order valence-electron chi connectivity index (χ2n) is 4.95. The molecule has 0 saturated carbocycles. The van der Waals surface area contributed by atoms with Gasteiger partial charge in [0.25, 0.3) is 5.88 Å². The Morgan fingerprint density at radius 1 is 1.19 bits per heavy atom. The monoisotopic (exact) mass is 283 g/mol. The van der Waals surface area contributed by atoms with Crippen LogP contribution >= 0.6 is 0 Å². The number of rotatable bonds is 5. The number of aryl methyl sites for hydroxylation is 1. The average Bonchev–Trinajstić information content (AvgIpc) is 3.11. The van der Waals surface area contributed by atoms with E-state index in [-0.39, 0.29) is 5.06 Å². The molecule has 5 nitrogen and oxygen atoms in total. The van der Waals surface area contributed by atoms with Crippen molar-refractivity contribution in [1.29, 1.82) is 0 Å². The minimum absolute atomic E-state index is 0.00481. The van der Waals surface area contributed by atoms with Gasteiger partial charge in [0.05, 0.1) is 6.54 Å². The van der Waals surface area contributed by atoms with Gasteiger partial charge in [0.15, 0.2) is 0 Å². The van der Waals surface area contributed by atoms with Crippen molar-refractivity contribution in [3.05, 3.63) is 77.2 Å². The van der Waals surface area contributed by atoms with Gasteiger partial charge in [0.2, 0.25) is 0 Å². The van der Waals surface area contributed by atoms with Crippen LogP contribution in [0.4, 0.5) is 5.88 Å². The molecule has 0 fully saturated rings. The van der Waals surface area contributed by atoms with Crippen molar-refractivity contribution in [3.8, 4) is 0 Å². The number of hydrogen-bond acceptors (Lipinski definition) is 3. The van der Waals surface area contributed by atoms with Crippen LogP contribution in [0.25, 0.3) is 0 Å². The zero-order valence-corrected chi connectivity index (χ0v) is 11.8. The number of imidazole rings is 1. The fraction of sp³-hybridized carbons (Fsp3) is 0.188. The molecule has 21 heavy (non-hydrogen) atoms. The van der Waals surface area contributed by atoms with Crippen LogP contribution in [0.15, 0.2) is 59.3 Å².